The predicted molar refractivity (Wildman–Crippen MR) is 61.5 cm³/mol. The van der Waals surface area contributed by atoms with Crippen LogP contribution in [0.15, 0.2) is 18.3 Å². The molecule has 0 aromatic carbocycles. The first-order valence-corrected chi connectivity index (χ1v) is 5.70. The summed E-state index contributed by atoms with van der Waals surface area (Å²) in [7, 11) is -1.46. The van der Waals surface area contributed by atoms with Crippen molar-refractivity contribution in [1.82, 2.24) is 4.98 Å². The Bertz CT molecular complexity index is 323. The third-order valence-electron chi connectivity index (χ3n) is 3.00. The highest BCUT2D eigenvalue weighted by Gasteiger charge is 2.16. The molecule has 0 bridgehead atoms. The molecule has 4 nitrogen and oxygen atoms in total. The van der Waals surface area contributed by atoms with E-state index >= 15 is 0 Å². The predicted octanol–water partition coefficient (Wildman–Crippen LogP) is 0.330. The molecule has 1 fully saturated rings. The molecule has 0 amide bonds. The second kappa shape index (κ2) is 5.32. The van der Waals surface area contributed by atoms with Crippen LogP contribution in [0.25, 0.3) is 0 Å². The van der Waals surface area contributed by atoms with Crippen molar-refractivity contribution in [1.29, 1.82) is 0 Å². The third kappa shape index (κ3) is 2.96. The first kappa shape index (κ1) is 11.4. The highest BCUT2D eigenvalue weighted by molar-refractivity contribution is 6.58. The van der Waals surface area contributed by atoms with Gasteiger partial charge < -0.3 is 14.8 Å². The van der Waals surface area contributed by atoms with Gasteiger partial charge in [0.1, 0.15) is 0 Å². The van der Waals surface area contributed by atoms with Gasteiger partial charge in [0.25, 0.3) is 0 Å². The summed E-state index contributed by atoms with van der Waals surface area (Å²) in [5.74, 6) is 1.21. The van der Waals surface area contributed by atoms with Crippen molar-refractivity contribution >= 4 is 12.6 Å². The van der Waals surface area contributed by atoms with Crippen molar-refractivity contribution in [3.05, 3.63) is 18.3 Å². The molecule has 1 aromatic heterocycles. The van der Waals surface area contributed by atoms with E-state index in [9.17, 15) is 0 Å². The van der Waals surface area contributed by atoms with E-state index in [1.807, 2.05) is 0 Å². The smallest absolute Gasteiger partial charge is 0.477 e. The maximum atomic E-state index is 8.89. The van der Waals surface area contributed by atoms with Crippen LogP contribution >= 0.6 is 0 Å². The standard InChI is InChI=1S/C11H16BNO3/c14-12(15)10-5-6-11(13-7-10)16-8-9-3-1-2-4-9/h5-7,9,14-15H,1-4,8H2. The molecular weight excluding hydrogens is 205 g/mol. The van der Waals surface area contributed by atoms with Gasteiger partial charge in [-0.1, -0.05) is 18.9 Å². The number of hydrogen-bond donors (Lipinski definition) is 2. The van der Waals surface area contributed by atoms with Gasteiger partial charge in [-0.3, -0.25) is 0 Å². The van der Waals surface area contributed by atoms with Gasteiger partial charge in [-0.2, -0.15) is 0 Å². The summed E-state index contributed by atoms with van der Waals surface area (Å²) >= 11 is 0. The fraction of sp³-hybridized carbons (Fsp3) is 0.545. The average molecular weight is 221 g/mol. The molecule has 0 spiro atoms. The molecule has 1 saturated carbocycles. The maximum Gasteiger partial charge on any atom is 0.490 e. The lowest BCUT2D eigenvalue weighted by atomic mass is 9.82. The summed E-state index contributed by atoms with van der Waals surface area (Å²) in [5, 5.41) is 17.8. The van der Waals surface area contributed by atoms with Crippen molar-refractivity contribution in [3.63, 3.8) is 0 Å². The first-order chi connectivity index (χ1) is 7.75. The van der Waals surface area contributed by atoms with E-state index in [1.54, 1.807) is 12.1 Å². The van der Waals surface area contributed by atoms with E-state index in [2.05, 4.69) is 4.98 Å². The lowest BCUT2D eigenvalue weighted by Gasteiger charge is -2.10. The Labute approximate surface area is 95.4 Å². The average Bonchev–Trinajstić information content (AvgIpc) is 2.80. The summed E-state index contributed by atoms with van der Waals surface area (Å²) in [4.78, 5) is 4.02. The number of rotatable bonds is 4. The Kier molecular flexibility index (Phi) is 3.80. The van der Waals surface area contributed by atoms with Crippen LogP contribution in [0.4, 0.5) is 0 Å². The summed E-state index contributed by atoms with van der Waals surface area (Å²) < 4.78 is 5.55. The Hall–Kier alpha value is -1.07. The van der Waals surface area contributed by atoms with Crippen LogP contribution < -0.4 is 10.2 Å². The van der Waals surface area contributed by atoms with Crippen LogP contribution in [0.1, 0.15) is 25.7 Å². The molecule has 16 heavy (non-hydrogen) atoms. The van der Waals surface area contributed by atoms with Gasteiger partial charge in [-0.05, 0) is 24.8 Å². The Balaban J connectivity index is 1.84. The van der Waals surface area contributed by atoms with Crippen LogP contribution in [-0.4, -0.2) is 28.8 Å². The largest absolute Gasteiger partial charge is 0.490 e. The van der Waals surface area contributed by atoms with Crippen LogP contribution in [0.3, 0.4) is 0 Å². The van der Waals surface area contributed by atoms with Gasteiger partial charge in [0.05, 0.1) is 6.61 Å². The molecule has 0 aliphatic heterocycles. The molecule has 86 valence electrons. The second-order valence-corrected chi connectivity index (χ2v) is 4.26. The third-order valence-corrected chi connectivity index (χ3v) is 3.00. The molecule has 0 atom stereocenters. The van der Waals surface area contributed by atoms with Crippen molar-refractivity contribution in [2.75, 3.05) is 6.61 Å². The molecule has 0 radical (unpaired) electrons. The first-order valence-electron chi connectivity index (χ1n) is 5.70. The molecule has 1 aliphatic rings. The van der Waals surface area contributed by atoms with Gasteiger partial charge >= 0.3 is 7.12 Å². The monoisotopic (exact) mass is 221 g/mol. The number of ether oxygens (including phenoxy) is 1. The highest BCUT2D eigenvalue weighted by atomic mass is 16.5. The minimum Gasteiger partial charge on any atom is -0.477 e. The number of pyridine rings is 1. The van der Waals surface area contributed by atoms with E-state index in [0.29, 0.717) is 23.9 Å². The van der Waals surface area contributed by atoms with E-state index in [4.69, 9.17) is 14.8 Å². The van der Waals surface area contributed by atoms with E-state index in [1.165, 1.54) is 31.9 Å². The molecule has 0 unspecified atom stereocenters. The maximum absolute atomic E-state index is 8.89. The molecule has 1 aromatic rings. The van der Waals surface area contributed by atoms with E-state index in [-0.39, 0.29) is 0 Å². The zero-order chi connectivity index (χ0) is 11.4. The summed E-state index contributed by atoms with van der Waals surface area (Å²) in [5.41, 5.74) is 0.383. The van der Waals surface area contributed by atoms with Gasteiger partial charge in [-0.25, -0.2) is 4.98 Å². The fourth-order valence-electron chi connectivity index (χ4n) is 2.01. The zero-order valence-corrected chi connectivity index (χ0v) is 9.17. The van der Waals surface area contributed by atoms with Crippen molar-refractivity contribution in [2.45, 2.75) is 25.7 Å². The van der Waals surface area contributed by atoms with Crippen molar-refractivity contribution < 1.29 is 14.8 Å². The summed E-state index contributed by atoms with van der Waals surface area (Å²) in [6, 6.07) is 3.28. The number of hydrogen-bond acceptors (Lipinski definition) is 4. The number of nitrogens with zero attached hydrogens (tertiary/aromatic N) is 1. The minimum atomic E-state index is -1.46. The molecule has 0 saturated heterocycles. The Morgan fingerprint density at radius 3 is 2.62 bits per heavy atom. The zero-order valence-electron chi connectivity index (χ0n) is 9.17. The summed E-state index contributed by atoms with van der Waals surface area (Å²) in [6.45, 7) is 0.716. The fourth-order valence-corrected chi connectivity index (χ4v) is 2.01. The Morgan fingerprint density at radius 2 is 2.06 bits per heavy atom. The minimum absolute atomic E-state index is 0.383. The van der Waals surface area contributed by atoms with Crippen LogP contribution in [0.5, 0.6) is 5.88 Å². The molecule has 5 heteroatoms. The lowest BCUT2D eigenvalue weighted by Crippen LogP contribution is -2.29. The molecule has 1 aliphatic carbocycles. The van der Waals surface area contributed by atoms with Gasteiger partial charge in [-0.15, -0.1) is 0 Å². The van der Waals surface area contributed by atoms with Gasteiger partial charge in [0.2, 0.25) is 5.88 Å². The highest BCUT2D eigenvalue weighted by Crippen LogP contribution is 2.24. The van der Waals surface area contributed by atoms with Gasteiger partial charge in [0.15, 0.2) is 0 Å². The molecule has 2 rings (SSSR count). The van der Waals surface area contributed by atoms with Crippen molar-refractivity contribution in [2.24, 2.45) is 5.92 Å². The summed E-state index contributed by atoms with van der Waals surface area (Å²) in [6.07, 6.45) is 6.52. The molecular formula is C11H16BNO3. The van der Waals surface area contributed by atoms with Crippen LogP contribution in [-0.2, 0) is 0 Å². The molecule has 2 N–H and O–H groups in total. The quantitative estimate of drug-likeness (QED) is 0.719. The molecule has 1 heterocycles. The second-order valence-electron chi connectivity index (χ2n) is 4.26. The van der Waals surface area contributed by atoms with E-state index < -0.39 is 7.12 Å². The van der Waals surface area contributed by atoms with E-state index in [0.717, 1.165) is 0 Å². The normalized spacial score (nSPS) is 16.4. The van der Waals surface area contributed by atoms with Crippen molar-refractivity contribution in [3.8, 4) is 5.88 Å². The lowest BCUT2D eigenvalue weighted by molar-refractivity contribution is 0.243. The SMILES string of the molecule is OB(O)c1ccc(OCC2CCCC2)nc1. The van der Waals surface area contributed by atoms with Crippen LogP contribution in [0.2, 0.25) is 0 Å². The topological polar surface area (TPSA) is 62.6 Å². The number of aromatic nitrogens is 1. The van der Waals surface area contributed by atoms with Crippen LogP contribution in [0, 0.1) is 5.92 Å². The van der Waals surface area contributed by atoms with Gasteiger partial charge in [0, 0.05) is 11.7 Å². The Morgan fingerprint density at radius 1 is 1.31 bits per heavy atom.